The van der Waals surface area contributed by atoms with Gasteiger partial charge in [-0.25, -0.2) is 12.8 Å². The number of sulfone groups is 1. The second kappa shape index (κ2) is 11.9. The molecule has 43 heavy (non-hydrogen) atoms. The van der Waals surface area contributed by atoms with Crippen molar-refractivity contribution < 1.29 is 17.5 Å². The first kappa shape index (κ1) is 29.6. The van der Waals surface area contributed by atoms with Gasteiger partial charge in [0.1, 0.15) is 11.3 Å². The number of hydrogen-bond donors (Lipinski definition) is 1. The summed E-state index contributed by atoms with van der Waals surface area (Å²) >= 11 is 0. The van der Waals surface area contributed by atoms with Crippen molar-refractivity contribution in [3.8, 4) is 22.6 Å². The quantitative estimate of drug-likeness (QED) is 0.339. The number of aromatic nitrogens is 2. The predicted octanol–water partition coefficient (Wildman–Crippen LogP) is 4.08. The van der Waals surface area contributed by atoms with Crippen molar-refractivity contribution in [2.45, 2.75) is 30.3 Å². The molecule has 0 spiro atoms. The molecule has 2 saturated heterocycles. The third kappa shape index (κ3) is 6.26. The van der Waals surface area contributed by atoms with Crippen LogP contribution in [-0.4, -0.2) is 91.3 Å². The average molecular weight is 608 g/mol. The van der Waals surface area contributed by atoms with Crippen molar-refractivity contribution in [1.29, 1.82) is 0 Å². The number of piperidine rings is 1. The number of H-pyrrole nitrogens is 1. The fourth-order valence-electron chi connectivity index (χ4n) is 6.26. The van der Waals surface area contributed by atoms with Gasteiger partial charge >= 0.3 is 0 Å². The Labute approximate surface area is 251 Å². The van der Waals surface area contributed by atoms with Crippen molar-refractivity contribution in [3.05, 3.63) is 76.6 Å². The zero-order valence-corrected chi connectivity index (χ0v) is 25.7. The Balaban J connectivity index is 1.32. The molecule has 2 aliphatic rings. The molecule has 2 fully saturated rings. The molecule has 9 nitrogen and oxygen atoms in total. The second-order valence-electron chi connectivity index (χ2n) is 11.9. The van der Waals surface area contributed by atoms with Gasteiger partial charge in [0.2, 0.25) is 0 Å². The van der Waals surface area contributed by atoms with Crippen LogP contribution in [0, 0.1) is 5.82 Å². The van der Waals surface area contributed by atoms with Crippen LogP contribution in [0.4, 0.5) is 4.39 Å². The van der Waals surface area contributed by atoms with E-state index < -0.39 is 15.7 Å². The highest BCUT2D eigenvalue weighted by atomic mass is 32.2. The summed E-state index contributed by atoms with van der Waals surface area (Å²) in [7, 11) is 0.294. The fourth-order valence-corrected chi connectivity index (χ4v) is 6.91. The van der Waals surface area contributed by atoms with E-state index in [9.17, 15) is 17.6 Å². The topological polar surface area (TPSA) is 90.9 Å². The molecule has 0 aliphatic carbocycles. The van der Waals surface area contributed by atoms with Crippen LogP contribution >= 0.6 is 0 Å². The number of piperazine rings is 1. The first-order valence-electron chi connectivity index (χ1n) is 14.7. The highest BCUT2D eigenvalue weighted by Crippen LogP contribution is 2.39. The van der Waals surface area contributed by atoms with Gasteiger partial charge in [-0.05, 0) is 69.4 Å². The molecular formula is C32H38FN5O4S. The molecule has 4 heterocycles. The van der Waals surface area contributed by atoms with E-state index in [4.69, 9.17) is 4.74 Å². The molecule has 0 unspecified atom stereocenters. The minimum Gasteiger partial charge on any atom is -0.454 e. The number of ether oxygens (including phenoxy) is 1. The summed E-state index contributed by atoms with van der Waals surface area (Å²) in [5.41, 5.74) is 2.21. The van der Waals surface area contributed by atoms with Gasteiger partial charge in [0.25, 0.3) is 5.56 Å². The van der Waals surface area contributed by atoms with Gasteiger partial charge in [-0.2, -0.15) is 0 Å². The molecule has 0 saturated carbocycles. The Bertz CT molecular complexity index is 1800. The Kier molecular flexibility index (Phi) is 8.16. The number of rotatable bonds is 7. The largest absolute Gasteiger partial charge is 0.454 e. The third-order valence-corrected chi connectivity index (χ3v) is 9.86. The molecule has 4 aromatic rings. The number of halogens is 1. The Morgan fingerprint density at radius 3 is 2.35 bits per heavy atom. The van der Waals surface area contributed by atoms with Crippen molar-refractivity contribution in [3.63, 3.8) is 0 Å². The summed E-state index contributed by atoms with van der Waals surface area (Å²) in [6, 6.07) is 13.2. The monoisotopic (exact) mass is 607 g/mol. The van der Waals surface area contributed by atoms with Gasteiger partial charge < -0.3 is 19.2 Å². The van der Waals surface area contributed by atoms with E-state index in [0.29, 0.717) is 34.6 Å². The number of hydrogen-bond acceptors (Lipinski definition) is 7. The van der Waals surface area contributed by atoms with Gasteiger partial charge in [0.05, 0.1) is 4.90 Å². The Morgan fingerprint density at radius 2 is 1.65 bits per heavy atom. The van der Waals surface area contributed by atoms with Gasteiger partial charge in [0, 0.05) is 80.5 Å². The Morgan fingerprint density at radius 1 is 0.930 bits per heavy atom. The number of aromatic amines is 1. The number of nitrogens with zero attached hydrogens (tertiary/aromatic N) is 4. The van der Waals surface area contributed by atoms with E-state index in [2.05, 4.69) is 26.7 Å². The molecule has 0 radical (unpaired) electrons. The van der Waals surface area contributed by atoms with E-state index >= 15 is 0 Å². The summed E-state index contributed by atoms with van der Waals surface area (Å²) < 4.78 is 47.0. The molecule has 11 heteroatoms. The SMILES string of the molecule is CN1CCC(N2CCN(Cc3cc4c(-c5cc(S(C)(=O)=O)ccc5Oc5ccccc5F)cn(C)c(=O)c4[nH]3)CC2)CC1. The summed E-state index contributed by atoms with van der Waals surface area (Å²) in [4.78, 5) is 24.1. The van der Waals surface area contributed by atoms with Crippen molar-refractivity contribution in [2.75, 3.05) is 52.6 Å². The summed E-state index contributed by atoms with van der Waals surface area (Å²) in [6.45, 7) is 6.91. The number of benzene rings is 2. The van der Waals surface area contributed by atoms with E-state index in [1.165, 1.54) is 47.7 Å². The number of fused-ring (bicyclic) bond motifs is 1. The molecule has 2 aliphatic heterocycles. The van der Waals surface area contributed by atoms with Gasteiger partial charge in [-0.1, -0.05) is 12.1 Å². The summed E-state index contributed by atoms with van der Waals surface area (Å²) in [5, 5.41) is 0.659. The van der Waals surface area contributed by atoms with Crippen LogP contribution in [0.1, 0.15) is 18.5 Å². The zero-order valence-electron chi connectivity index (χ0n) is 24.8. The zero-order chi connectivity index (χ0) is 30.3. The van der Waals surface area contributed by atoms with Gasteiger partial charge in [0.15, 0.2) is 21.4 Å². The lowest BCUT2D eigenvalue weighted by molar-refractivity contribution is 0.0614. The maximum Gasteiger partial charge on any atom is 0.274 e. The van der Waals surface area contributed by atoms with E-state index in [-0.39, 0.29) is 22.0 Å². The number of pyridine rings is 1. The molecule has 2 aromatic heterocycles. The molecule has 228 valence electrons. The lowest BCUT2D eigenvalue weighted by Gasteiger charge is -2.42. The standard InChI is InChI=1S/C32H38FN5O4S/c1-35-12-10-23(11-13-35)38-16-14-37(15-17-38)20-22-18-26-27(21-36(2)32(39)31(26)34-22)25-19-24(43(3,40)41)8-9-29(25)42-30-7-5-4-6-28(30)33/h4-9,18-19,21,23,34H,10-17,20H2,1-3H3. The first-order chi connectivity index (χ1) is 20.6. The van der Waals surface area contributed by atoms with Crippen LogP contribution in [0.3, 0.4) is 0 Å². The lowest BCUT2D eigenvalue weighted by Crippen LogP contribution is -2.52. The highest BCUT2D eigenvalue weighted by Gasteiger charge is 2.27. The van der Waals surface area contributed by atoms with E-state index in [0.717, 1.165) is 51.2 Å². The van der Waals surface area contributed by atoms with E-state index in [1.54, 1.807) is 25.4 Å². The minimum atomic E-state index is -3.55. The normalized spacial score (nSPS) is 18.0. The molecule has 0 atom stereocenters. The predicted molar refractivity (Wildman–Crippen MR) is 166 cm³/mol. The third-order valence-electron chi connectivity index (χ3n) is 8.75. The fraction of sp³-hybridized carbons (Fsp3) is 0.406. The van der Waals surface area contributed by atoms with E-state index in [1.807, 2.05) is 6.07 Å². The van der Waals surface area contributed by atoms with Crippen LogP contribution in [0.2, 0.25) is 0 Å². The van der Waals surface area contributed by atoms with Crippen molar-refractivity contribution >= 4 is 20.7 Å². The highest BCUT2D eigenvalue weighted by molar-refractivity contribution is 7.90. The first-order valence-corrected chi connectivity index (χ1v) is 16.6. The van der Waals surface area contributed by atoms with Crippen LogP contribution < -0.4 is 10.3 Å². The minimum absolute atomic E-state index is 0.0195. The maximum atomic E-state index is 14.5. The molecule has 0 amide bonds. The van der Waals surface area contributed by atoms with Crippen LogP contribution in [0.15, 0.2) is 64.4 Å². The van der Waals surface area contributed by atoms with Crippen molar-refractivity contribution in [1.82, 2.24) is 24.3 Å². The maximum absolute atomic E-state index is 14.5. The number of para-hydroxylation sites is 1. The number of likely N-dealkylation sites (tertiary alicyclic amines) is 1. The van der Waals surface area contributed by atoms with Gasteiger partial charge in [-0.3, -0.25) is 14.6 Å². The molecule has 0 bridgehead atoms. The molecule has 1 N–H and O–H groups in total. The summed E-state index contributed by atoms with van der Waals surface area (Å²) in [5.74, 6) is -0.234. The molecular weight excluding hydrogens is 569 g/mol. The second-order valence-corrected chi connectivity index (χ2v) is 13.9. The van der Waals surface area contributed by atoms with Crippen molar-refractivity contribution in [2.24, 2.45) is 7.05 Å². The Hall–Kier alpha value is -3.51. The molecule has 2 aromatic carbocycles. The van der Waals surface area contributed by atoms with Crippen LogP contribution in [0.25, 0.3) is 22.0 Å². The number of nitrogens with one attached hydrogen (secondary N) is 1. The molecule has 6 rings (SSSR count). The van der Waals surface area contributed by atoms with Gasteiger partial charge in [-0.15, -0.1) is 0 Å². The van der Waals surface area contributed by atoms with Crippen LogP contribution in [0.5, 0.6) is 11.5 Å². The smallest absolute Gasteiger partial charge is 0.274 e. The average Bonchev–Trinajstić information content (AvgIpc) is 3.41. The lowest BCUT2D eigenvalue weighted by atomic mass is 10.0. The summed E-state index contributed by atoms with van der Waals surface area (Å²) in [6.07, 6.45) is 5.25. The number of aryl methyl sites for hydroxylation is 1. The van der Waals surface area contributed by atoms with Crippen LogP contribution in [-0.2, 0) is 23.4 Å².